The molecule has 0 saturated heterocycles. The molecule has 0 fully saturated rings. The van der Waals surface area contributed by atoms with E-state index >= 15 is 0 Å². The van der Waals surface area contributed by atoms with Crippen LogP contribution in [0.5, 0.6) is 0 Å². The zero-order valence-electron chi connectivity index (χ0n) is 15.1. The molecule has 2 heterocycles. The molecule has 2 aromatic heterocycles. The molecule has 0 radical (unpaired) electrons. The van der Waals surface area contributed by atoms with Crippen molar-refractivity contribution in [2.24, 2.45) is 4.99 Å². The van der Waals surface area contributed by atoms with Crippen molar-refractivity contribution in [2.75, 3.05) is 7.05 Å². The predicted octanol–water partition coefficient (Wildman–Crippen LogP) is 2.00. The van der Waals surface area contributed by atoms with E-state index in [9.17, 15) is 0 Å². The molecule has 1 unspecified atom stereocenters. The summed E-state index contributed by atoms with van der Waals surface area (Å²) in [6.07, 6.45) is 5.20. The Bertz CT molecular complexity index is 722. The van der Waals surface area contributed by atoms with Crippen LogP contribution in [0.2, 0.25) is 0 Å². The number of halogens is 1. The number of aryl methyl sites for hydroxylation is 2. The molecule has 9 heteroatoms. The fourth-order valence-corrected chi connectivity index (χ4v) is 2.86. The summed E-state index contributed by atoms with van der Waals surface area (Å²) in [4.78, 5) is 8.45. The summed E-state index contributed by atoms with van der Waals surface area (Å²) in [6, 6.07) is 0.720. The Morgan fingerprint density at radius 3 is 2.92 bits per heavy atom. The van der Waals surface area contributed by atoms with E-state index in [1.54, 1.807) is 14.0 Å². The van der Waals surface area contributed by atoms with E-state index < -0.39 is 0 Å². The van der Waals surface area contributed by atoms with Gasteiger partial charge in [0.05, 0.1) is 12.2 Å². The molecule has 1 aliphatic carbocycles. The topological polar surface area (TPSA) is 93.2 Å². The molecule has 2 aromatic rings. The highest BCUT2D eigenvalue weighted by atomic mass is 127. The number of aromatic nitrogens is 4. The summed E-state index contributed by atoms with van der Waals surface area (Å²) in [7, 11) is 1.76. The monoisotopic (exact) mass is 459 g/mol. The molecule has 0 spiro atoms. The predicted molar refractivity (Wildman–Crippen MR) is 106 cm³/mol. The number of fused-ring (bicyclic) bond motifs is 1. The van der Waals surface area contributed by atoms with E-state index in [1.807, 2.05) is 0 Å². The minimum atomic E-state index is 0. The minimum absolute atomic E-state index is 0. The zero-order valence-corrected chi connectivity index (χ0v) is 17.4. The van der Waals surface area contributed by atoms with Crippen molar-refractivity contribution in [2.45, 2.75) is 58.7 Å². The van der Waals surface area contributed by atoms with Gasteiger partial charge in [-0.25, -0.2) is 0 Å². The van der Waals surface area contributed by atoms with E-state index in [-0.39, 0.29) is 24.0 Å². The van der Waals surface area contributed by atoms with Crippen LogP contribution in [-0.2, 0) is 19.4 Å². The lowest BCUT2D eigenvalue weighted by Crippen LogP contribution is -2.45. The summed E-state index contributed by atoms with van der Waals surface area (Å²) in [6.45, 7) is 6.56. The third-order valence-corrected chi connectivity index (χ3v) is 4.17. The molecule has 1 aliphatic rings. The van der Waals surface area contributed by atoms with Gasteiger partial charge in [-0.3, -0.25) is 9.67 Å². The average Bonchev–Trinajstić information content (AvgIpc) is 3.17. The van der Waals surface area contributed by atoms with Crippen molar-refractivity contribution in [3.63, 3.8) is 0 Å². The van der Waals surface area contributed by atoms with Crippen LogP contribution in [0, 0.1) is 6.92 Å². The molecule has 0 saturated carbocycles. The Hall–Kier alpha value is -1.65. The van der Waals surface area contributed by atoms with Gasteiger partial charge in [-0.1, -0.05) is 5.16 Å². The summed E-state index contributed by atoms with van der Waals surface area (Å²) in [5.41, 5.74) is 2.56. The average molecular weight is 459 g/mol. The summed E-state index contributed by atoms with van der Waals surface area (Å²) in [5.74, 6) is 1.93. The van der Waals surface area contributed by atoms with Gasteiger partial charge in [-0.05, 0) is 39.2 Å². The molecule has 25 heavy (non-hydrogen) atoms. The Morgan fingerprint density at radius 1 is 1.48 bits per heavy atom. The summed E-state index contributed by atoms with van der Waals surface area (Å²) in [5, 5.41) is 15.2. The van der Waals surface area contributed by atoms with Crippen LogP contribution >= 0.6 is 24.0 Å². The first-order valence-corrected chi connectivity index (χ1v) is 8.38. The maximum Gasteiger partial charge on any atom is 0.246 e. The fraction of sp³-hybridized carbons (Fsp3) is 0.625. The van der Waals surface area contributed by atoms with Gasteiger partial charge in [-0.15, -0.1) is 24.0 Å². The maximum absolute atomic E-state index is 5.10. The van der Waals surface area contributed by atoms with Crippen molar-refractivity contribution in [1.29, 1.82) is 0 Å². The second kappa shape index (κ2) is 8.63. The molecule has 0 bridgehead atoms. The van der Waals surface area contributed by atoms with Gasteiger partial charge in [0.2, 0.25) is 5.89 Å². The second-order valence-corrected chi connectivity index (χ2v) is 6.42. The molecule has 8 nitrogen and oxygen atoms in total. The Labute approximate surface area is 164 Å². The van der Waals surface area contributed by atoms with Crippen LogP contribution in [-0.4, -0.2) is 39.0 Å². The third kappa shape index (κ3) is 4.93. The highest BCUT2D eigenvalue weighted by Gasteiger charge is 2.23. The van der Waals surface area contributed by atoms with Crippen LogP contribution in [0.25, 0.3) is 0 Å². The molecule has 0 aromatic carbocycles. The number of rotatable bonds is 4. The first-order chi connectivity index (χ1) is 11.5. The standard InChI is InChI=1S/C16H25N7O.HI/c1-10(2)23-9-12-5-6-13(7-14(12)21-23)20-16(17-4)18-8-15-19-11(3)22-24-15;/h9-10,13H,5-8H2,1-4H3,(H2,17,18,20);1H. The van der Waals surface area contributed by atoms with E-state index in [2.05, 4.69) is 50.5 Å². The number of guanidine groups is 1. The van der Waals surface area contributed by atoms with E-state index in [0.29, 0.717) is 30.3 Å². The minimum Gasteiger partial charge on any atom is -0.353 e. The molecular weight excluding hydrogens is 433 g/mol. The number of nitrogens with one attached hydrogen (secondary N) is 2. The number of hydrogen-bond acceptors (Lipinski definition) is 5. The highest BCUT2D eigenvalue weighted by Crippen LogP contribution is 2.21. The van der Waals surface area contributed by atoms with Gasteiger partial charge in [0.15, 0.2) is 11.8 Å². The van der Waals surface area contributed by atoms with Gasteiger partial charge in [-0.2, -0.15) is 10.1 Å². The maximum atomic E-state index is 5.10. The molecule has 0 aliphatic heterocycles. The summed E-state index contributed by atoms with van der Waals surface area (Å²) < 4.78 is 7.16. The van der Waals surface area contributed by atoms with E-state index in [1.165, 1.54) is 11.3 Å². The highest BCUT2D eigenvalue weighted by molar-refractivity contribution is 14.0. The third-order valence-electron chi connectivity index (χ3n) is 4.17. The van der Waals surface area contributed by atoms with Crippen molar-refractivity contribution < 1.29 is 4.52 Å². The van der Waals surface area contributed by atoms with Crippen LogP contribution in [0.15, 0.2) is 15.7 Å². The molecular formula is C16H26IN7O. The van der Waals surface area contributed by atoms with E-state index in [4.69, 9.17) is 9.62 Å². The Morgan fingerprint density at radius 2 is 2.28 bits per heavy atom. The number of hydrogen-bond donors (Lipinski definition) is 2. The van der Waals surface area contributed by atoms with Crippen molar-refractivity contribution in [3.8, 4) is 0 Å². The molecule has 3 rings (SSSR count). The second-order valence-electron chi connectivity index (χ2n) is 6.42. The van der Waals surface area contributed by atoms with Gasteiger partial charge in [0, 0.05) is 31.7 Å². The van der Waals surface area contributed by atoms with Gasteiger partial charge >= 0.3 is 0 Å². The Balaban J connectivity index is 0.00000225. The number of nitrogens with zero attached hydrogens (tertiary/aromatic N) is 5. The van der Waals surface area contributed by atoms with Crippen LogP contribution in [0.3, 0.4) is 0 Å². The quantitative estimate of drug-likeness (QED) is 0.413. The van der Waals surface area contributed by atoms with Crippen LogP contribution in [0.1, 0.15) is 49.3 Å². The zero-order chi connectivity index (χ0) is 17.1. The normalized spacial score (nSPS) is 17.2. The first-order valence-electron chi connectivity index (χ1n) is 8.38. The van der Waals surface area contributed by atoms with Crippen molar-refractivity contribution in [3.05, 3.63) is 29.2 Å². The van der Waals surface area contributed by atoms with Crippen molar-refractivity contribution in [1.82, 2.24) is 30.6 Å². The van der Waals surface area contributed by atoms with E-state index in [0.717, 1.165) is 25.2 Å². The molecule has 138 valence electrons. The lowest BCUT2D eigenvalue weighted by Gasteiger charge is -2.24. The van der Waals surface area contributed by atoms with Crippen LogP contribution < -0.4 is 10.6 Å². The Kier molecular flexibility index (Phi) is 6.79. The van der Waals surface area contributed by atoms with Gasteiger partial charge < -0.3 is 15.2 Å². The molecule has 1 atom stereocenters. The van der Waals surface area contributed by atoms with Gasteiger partial charge in [0.1, 0.15) is 0 Å². The fourth-order valence-electron chi connectivity index (χ4n) is 2.86. The molecule has 2 N–H and O–H groups in total. The molecule has 0 amide bonds. The first kappa shape index (κ1) is 19.7. The number of aliphatic imine (C=N–C) groups is 1. The lowest BCUT2D eigenvalue weighted by molar-refractivity contribution is 0.371. The summed E-state index contributed by atoms with van der Waals surface area (Å²) >= 11 is 0. The van der Waals surface area contributed by atoms with Crippen LogP contribution in [0.4, 0.5) is 0 Å². The smallest absolute Gasteiger partial charge is 0.246 e. The van der Waals surface area contributed by atoms with Crippen molar-refractivity contribution >= 4 is 29.9 Å². The lowest BCUT2D eigenvalue weighted by atomic mass is 9.94. The largest absolute Gasteiger partial charge is 0.353 e. The SMILES string of the molecule is CN=C(NCc1nc(C)no1)NC1CCc2cn(C(C)C)nc2C1.I. The van der Waals surface area contributed by atoms with Gasteiger partial charge in [0.25, 0.3) is 0 Å².